The number of nitrogens with two attached hydrogens (primary N) is 1. The van der Waals surface area contributed by atoms with E-state index in [0.29, 0.717) is 11.3 Å². The molecule has 0 saturated carbocycles. The fourth-order valence-electron chi connectivity index (χ4n) is 2.78. The van der Waals surface area contributed by atoms with Crippen LogP contribution in [0.25, 0.3) is 10.9 Å². The van der Waals surface area contributed by atoms with Crippen molar-refractivity contribution in [2.75, 3.05) is 11.1 Å². The molecule has 3 N–H and O–H groups in total. The molecule has 2 aromatic carbocycles. The molecule has 2 heterocycles. The molecule has 0 bridgehead atoms. The zero-order valence-corrected chi connectivity index (χ0v) is 17.8. The minimum absolute atomic E-state index is 0.00914. The van der Waals surface area contributed by atoms with E-state index in [-0.39, 0.29) is 28.1 Å². The maximum atomic E-state index is 13.0. The lowest BCUT2D eigenvalue weighted by Gasteiger charge is -2.15. The molecule has 4 rings (SSSR count). The highest BCUT2D eigenvalue weighted by Gasteiger charge is 2.31. The van der Waals surface area contributed by atoms with Gasteiger partial charge in [0.25, 0.3) is 0 Å². The average Bonchev–Trinajstić information content (AvgIpc) is 2.73. The van der Waals surface area contributed by atoms with Gasteiger partial charge in [-0.25, -0.2) is 4.98 Å². The van der Waals surface area contributed by atoms with Gasteiger partial charge in [-0.2, -0.15) is 18.2 Å². The summed E-state index contributed by atoms with van der Waals surface area (Å²) in [7, 11) is 0. The highest BCUT2D eigenvalue weighted by Crippen LogP contribution is 2.38. The lowest BCUT2D eigenvalue weighted by Crippen LogP contribution is -2.07. The van der Waals surface area contributed by atoms with Crippen molar-refractivity contribution in [1.29, 1.82) is 0 Å². The van der Waals surface area contributed by atoms with E-state index in [0.717, 1.165) is 28.1 Å². The Labute approximate surface area is 187 Å². The van der Waals surface area contributed by atoms with Gasteiger partial charge in [0.15, 0.2) is 11.6 Å². The van der Waals surface area contributed by atoms with E-state index in [9.17, 15) is 13.2 Å². The number of fused-ring (bicyclic) bond motifs is 1. The van der Waals surface area contributed by atoms with Crippen molar-refractivity contribution in [2.45, 2.75) is 6.18 Å². The van der Waals surface area contributed by atoms with Gasteiger partial charge in [0.2, 0.25) is 5.88 Å². The number of ether oxygens (including phenoxy) is 1. The number of halogens is 5. The molecule has 11 heteroatoms. The Bertz CT molecular complexity index is 1290. The van der Waals surface area contributed by atoms with Gasteiger partial charge in [-0.1, -0.05) is 33.6 Å². The number of nitrogens with zero attached hydrogens (tertiary/aromatic N) is 3. The molecule has 0 atom stereocenters. The molecule has 0 unspecified atom stereocenters. The molecule has 0 fully saturated rings. The predicted octanol–water partition coefficient (Wildman–Crippen LogP) is 6.58. The molecule has 0 aliphatic heterocycles. The van der Waals surface area contributed by atoms with E-state index >= 15 is 0 Å². The molecule has 0 saturated heterocycles. The first kappa shape index (κ1) is 21.1. The number of hydrogen-bond donors (Lipinski definition) is 2. The van der Waals surface area contributed by atoms with Crippen LogP contribution in [0, 0.1) is 0 Å². The Kier molecular flexibility index (Phi) is 5.59. The van der Waals surface area contributed by atoms with E-state index in [1.54, 1.807) is 24.4 Å². The standard InChI is InChI=1S/C20H12BrClF3N5O/c21-12-4-6-15(17-11(12)2-1-7-27-17)31-19-16(26)18(28-9-29-19)30-14-8-10(20(23,24)25)3-5-13(14)22/h1-9H,26H2,(H,28,29,30). The Morgan fingerprint density at radius 2 is 1.87 bits per heavy atom. The lowest BCUT2D eigenvalue weighted by molar-refractivity contribution is -0.137. The number of hydrogen-bond acceptors (Lipinski definition) is 6. The molecule has 0 aliphatic rings. The number of alkyl halides is 3. The zero-order valence-electron chi connectivity index (χ0n) is 15.4. The van der Waals surface area contributed by atoms with Crippen molar-refractivity contribution < 1.29 is 17.9 Å². The van der Waals surface area contributed by atoms with Crippen LogP contribution < -0.4 is 15.8 Å². The first-order valence-corrected chi connectivity index (χ1v) is 9.86. The Balaban J connectivity index is 1.69. The van der Waals surface area contributed by atoms with Gasteiger partial charge in [-0.05, 0) is 36.4 Å². The van der Waals surface area contributed by atoms with E-state index in [1.807, 2.05) is 6.07 Å². The van der Waals surface area contributed by atoms with Crippen molar-refractivity contribution >= 4 is 55.6 Å². The van der Waals surface area contributed by atoms with Gasteiger partial charge in [0.05, 0.1) is 16.3 Å². The van der Waals surface area contributed by atoms with Crippen molar-refractivity contribution in [2.24, 2.45) is 0 Å². The van der Waals surface area contributed by atoms with Crippen LogP contribution in [0.3, 0.4) is 0 Å². The Morgan fingerprint density at radius 1 is 1.06 bits per heavy atom. The summed E-state index contributed by atoms with van der Waals surface area (Å²) in [5.41, 5.74) is 5.81. The zero-order chi connectivity index (χ0) is 22.2. The molecule has 0 spiro atoms. The number of anilines is 3. The number of nitrogens with one attached hydrogen (secondary N) is 1. The number of benzene rings is 2. The second-order valence-corrected chi connectivity index (χ2v) is 7.57. The first-order chi connectivity index (χ1) is 14.7. The van der Waals surface area contributed by atoms with Gasteiger partial charge < -0.3 is 15.8 Å². The van der Waals surface area contributed by atoms with Crippen molar-refractivity contribution in [1.82, 2.24) is 15.0 Å². The highest BCUT2D eigenvalue weighted by molar-refractivity contribution is 9.10. The average molecular weight is 511 g/mol. The van der Waals surface area contributed by atoms with E-state index in [2.05, 4.69) is 36.2 Å². The van der Waals surface area contributed by atoms with Crippen molar-refractivity contribution in [3.05, 3.63) is 70.0 Å². The van der Waals surface area contributed by atoms with Crippen molar-refractivity contribution in [3.8, 4) is 11.6 Å². The van der Waals surface area contributed by atoms with Gasteiger partial charge in [0.1, 0.15) is 17.5 Å². The molecule has 31 heavy (non-hydrogen) atoms. The normalized spacial score (nSPS) is 11.5. The fourth-order valence-corrected chi connectivity index (χ4v) is 3.40. The van der Waals surface area contributed by atoms with Crippen LogP contribution in [0.1, 0.15) is 5.56 Å². The number of aromatic nitrogens is 3. The summed E-state index contributed by atoms with van der Waals surface area (Å²) in [6.45, 7) is 0. The third kappa shape index (κ3) is 4.35. The molecule has 6 nitrogen and oxygen atoms in total. The molecule has 158 valence electrons. The molecule has 0 aliphatic carbocycles. The molecular weight excluding hydrogens is 499 g/mol. The van der Waals surface area contributed by atoms with Crippen LogP contribution in [0.15, 0.2) is 59.5 Å². The van der Waals surface area contributed by atoms with Crippen LogP contribution in [0.5, 0.6) is 11.6 Å². The molecule has 2 aromatic heterocycles. The second-order valence-electron chi connectivity index (χ2n) is 6.31. The third-order valence-electron chi connectivity index (χ3n) is 4.28. The molecule has 0 radical (unpaired) electrons. The van der Waals surface area contributed by atoms with E-state index < -0.39 is 11.7 Å². The summed E-state index contributed by atoms with van der Waals surface area (Å²) in [4.78, 5) is 12.4. The van der Waals surface area contributed by atoms with Gasteiger partial charge >= 0.3 is 6.18 Å². The summed E-state index contributed by atoms with van der Waals surface area (Å²) in [5, 5.41) is 3.60. The number of pyridine rings is 1. The minimum Gasteiger partial charge on any atom is -0.435 e. The van der Waals surface area contributed by atoms with Gasteiger partial charge in [0, 0.05) is 16.1 Å². The number of rotatable bonds is 4. The van der Waals surface area contributed by atoms with E-state index in [4.69, 9.17) is 22.1 Å². The molecule has 0 amide bonds. The first-order valence-electron chi connectivity index (χ1n) is 8.69. The Morgan fingerprint density at radius 3 is 2.65 bits per heavy atom. The fraction of sp³-hybridized carbons (Fsp3) is 0.0500. The summed E-state index contributed by atoms with van der Waals surface area (Å²) < 4.78 is 45.8. The largest absolute Gasteiger partial charge is 0.435 e. The highest BCUT2D eigenvalue weighted by atomic mass is 79.9. The second kappa shape index (κ2) is 8.20. The number of nitrogen functional groups attached to an aromatic ring is 1. The topological polar surface area (TPSA) is 86.0 Å². The van der Waals surface area contributed by atoms with Crippen LogP contribution in [-0.2, 0) is 6.18 Å². The maximum absolute atomic E-state index is 13.0. The van der Waals surface area contributed by atoms with Gasteiger partial charge in [-0.15, -0.1) is 0 Å². The smallest absolute Gasteiger partial charge is 0.416 e. The summed E-state index contributed by atoms with van der Waals surface area (Å²) in [6, 6.07) is 10.0. The van der Waals surface area contributed by atoms with Crippen LogP contribution >= 0.6 is 27.5 Å². The maximum Gasteiger partial charge on any atom is 0.416 e. The quantitative estimate of drug-likeness (QED) is 0.323. The van der Waals surface area contributed by atoms with Crippen LogP contribution in [-0.4, -0.2) is 15.0 Å². The van der Waals surface area contributed by atoms with Gasteiger partial charge in [-0.3, -0.25) is 4.98 Å². The summed E-state index contributed by atoms with van der Waals surface area (Å²) in [6.07, 6.45) is -1.74. The van der Waals surface area contributed by atoms with Crippen molar-refractivity contribution in [3.63, 3.8) is 0 Å². The predicted molar refractivity (Wildman–Crippen MR) is 116 cm³/mol. The summed E-state index contributed by atoms with van der Waals surface area (Å²) in [5.74, 6) is 0.447. The Hall–Kier alpha value is -3.11. The molecule has 4 aromatic rings. The third-order valence-corrected chi connectivity index (χ3v) is 5.30. The lowest BCUT2D eigenvalue weighted by atomic mass is 10.2. The molecular formula is C20H12BrClF3N5O. The SMILES string of the molecule is Nc1c(Nc2cc(C(F)(F)F)ccc2Cl)ncnc1Oc1ccc(Br)c2cccnc12. The summed E-state index contributed by atoms with van der Waals surface area (Å²) >= 11 is 9.50. The van der Waals surface area contributed by atoms with Crippen LogP contribution in [0.4, 0.5) is 30.4 Å². The minimum atomic E-state index is -4.53. The van der Waals surface area contributed by atoms with E-state index in [1.165, 1.54) is 6.33 Å². The van der Waals surface area contributed by atoms with Crippen LogP contribution in [0.2, 0.25) is 5.02 Å². The monoisotopic (exact) mass is 509 g/mol.